The second-order valence-electron chi connectivity index (χ2n) is 7.56. The highest BCUT2D eigenvalue weighted by Crippen LogP contribution is 2.30. The summed E-state index contributed by atoms with van der Waals surface area (Å²) < 4.78 is 29.4. The van der Waals surface area contributed by atoms with Gasteiger partial charge in [-0.25, -0.2) is 9.18 Å². The van der Waals surface area contributed by atoms with Gasteiger partial charge in [-0.05, 0) is 54.8 Å². The maximum atomic E-state index is 13.1. The molecule has 0 atom stereocenters. The van der Waals surface area contributed by atoms with Crippen molar-refractivity contribution in [3.05, 3.63) is 59.7 Å². The number of nitrogens with one attached hydrogen (secondary N) is 1. The van der Waals surface area contributed by atoms with Crippen LogP contribution in [0.4, 0.5) is 9.18 Å². The number of urea groups is 1. The Morgan fingerprint density at radius 2 is 1.81 bits per heavy atom. The molecule has 9 heteroatoms. The molecule has 2 aromatic carbocycles. The summed E-state index contributed by atoms with van der Waals surface area (Å²) in [5, 5.41) is 11.2. The van der Waals surface area contributed by atoms with E-state index in [9.17, 15) is 9.18 Å². The van der Waals surface area contributed by atoms with Crippen molar-refractivity contribution < 1.29 is 23.1 Å². The van der Waals surface area contributed by atoms with Gasteiger partial charge in [0.25, 0.3) is 0 Å². The highest BCUT2D eigenvalue weighted by molar-refractivity contribution is 5.74. The lowest BCUT2D eigenvalue weighted by molar-refractivity contribution is 0.177. The predicted octanol–water partition coefficient (Wildman–Crippen LogP) is 3.98. The van der Waals surface area contributed by atoms with Gasteiger partial charge in [0.2, 0.25) is 11.8 Å². The Kier molecular flexibility index (Phi) is 6.53. The Hall–Kier alpha value is -3.62. The van der Waals surface area contributed by atoms with Crippen LogP contribution in [0.25, 0.3) is 11.5 Å². The molecule has 0 spiro atoms. The van der Waals surface area contributed by atoms with E-state index < -0.39 is 0 Å². The molecule has 0 bridgehead atoms. The van der Waals surface area contributed by atoms with Gasteiger partial charge in [-0.15, -0.1) is 10.2 Å². The maximum Gasteiger partial charge on any atom is 0.317 e. The smallest absolute Gasteiger partial charge is 0.317 e. The molecule has 32 heavy (non-hydrogen) atoms. The molecule has 0 saturated carbocycles. The van der Waals surface area contributed by atoms with Crippen molar-refractivity contribution in [1.82, 2.24) is 20.4 Å². The first-order valence-electron chi connectivity index (χ1n) is 10.4. The Morgan fingerprint density at radius 1 is 1.09 bits per heavy atom. The van der Waals surface area contributed by atoms with Crippen molar-refractivity contribution in [2.24, 2.45) is 0 Å². The second-order valence-corrected chi connectivity index (χ2v) is 7.56. The molecule has 168 valence electrons. The molecule has 1 saturated heterocycles. The lowest BCUT2D eigenvalue weighted by atomic mass is 9.97. The summed E-state index contributed by atoms with van der Waals surface area (Å²) >= 11 is 0. The number of ether oxygens (including phenoxy) is 2. The number of carbonyl (C=O) groups is 1. The van der Waals surface area contributed by atoms with E-state index >= 15 is 0 Å². The molecule has 1 aliphatic rings. The van der Waals surface area contributed by atoms with Gasteiger partial charge in [0.05, 0.1) is 14.2 Å². The number of rotatable bonds is 6. The zero-order chi connectivity index (χ0) is 22.5. The molecule has 1 N–H and O–H groups in total. The number of benzene rings is 2. The molecule has 4 rings (SSSR count). The highest BCUT2D eigenvalue weighted by atomic mass is 19.1. The third kappa shape index (κ3) is 4.82. The minimum atomic E-state index is -0.315. The number of methoxy groups -OCH3 is 2. The van der Waals surface area contributed by atoms with Crippen LogP contribution in [0.2, 0.25) is 0 Å². The minimum Gasteiger partial charge on any atom is -0.493 e. The zero-order valence-corrected chi connectivity index (χ0v) is 18.0. The van der Waals surface area contributed by atoms with Crippen LogP contribution in [-0.2, 0) is 6.54 Å². The fourth-order valence-electron chi connectivity index (χ4n) is 3.72. The first kappa shape index (κ1) is 21.6. The van der Waals surface area contributed by atoms with E-state index in [0.717, 1.165) is 18.4 Å². The van der Waals surface area contributed by atoms with Crippen molar-refractivity contribution in [2.45, 2.75) is 25.3 Å². The molecule has 8 nitrogen and oxygen atoms in total. The van der Waals surface area contributed by atoms with Gasteiger partial charge in [0.1, 0.15) is 5.82 Å². The first-order valence-corrected chi connectivity index (χ1v) is 10.4. The van der Waals surface area contributed by atoms with Crippen LogP contribution < -0.4 is 14.8 Å². The van der Waals surface area contributed by atoms with Gasteiger partial charge in [-0.3, -0.25) is 0 Å². The topological polar surface area (TPSA) is 89.7 Å². The Morgan fingerprint density at radius 3 is 2.50 bits per heavy atom. The van der Waals surface area contributed by atoms with Gasteiger partial charge in [-0.2, -0.15) is 0 Å². The number of piperidine rings is 1. The summed E-state index contributed by atoms with van der Waals surface area (Å²) in [7, 11) is 3.16. The van der Waals surface area contributed by atoms with Gasteiger partial charge in [0.15, 0.2) is 11.5 Å². The Balaban J connectivity index is 1.29. The second kappa shape index (κ2) is 9.67. The van der Waals surface area contributed by atoms with E-state index in [1.54, 1.807) is 31.3 Å². The molecule has 1 aliphatic heterocycles. The Bertz CT molecular complexity index is 1060. The molecule has 2 heterocycles. The molecule has 1 aromatic heterocycles. The Labute approximate surface area is 185 Å². The average Bonchev–Trinajstić information content (AvgIpc) is 3.33. The maximum absolute atomic E-state index is 13.1. The summed E-state index contributed by atoms with van der Waals surface area (Å²) in [6.07, 6.45) is 1.46. The van der Waals surface area contributed by atoms with Crippen LogP contribution >= 0.6 is 0 Å². The van der Waals surface area contributed by atoms with E-state index in [1.165, 1.54) is 12.1 Å². The zero-order valence-electron chi connectivity index (χ0n) is 18.0. The minimum absolute atomic E-state index is 0.0894. The molecular formula is C23H25FN4O4. The number of aromatic nitrogens is 2. The van der Waals surface area contributed by atoms with Crippen molar-refractivity contribution in [3.63, 3.8) is 0 Å². The first-order chi connectivity index (χ1) is 15.6. The van der Waals surface area contributed by atoms with Gasteiger partial charge in [0, 0.05) is 31.1 Å². The summed E-state index contributed by atoms with van der Waals surface area (Å²) in [4.78, 5) is 14.4. The normalized spacial score (nSPS) is 14.3. The molecule has 0 aliphatic carbocycles. The molecule has 2 amide bonds. The van der Waals surface area contributed by atoms with Gasteiger partial charge >= 0.3 is 6.03 Å². The summed E-state index contributed by atoms with van der Waals surface area (Å²) in [5.41, 5.74) is 1.60. The van der Waals surface area contributed by atoms with E-state index in [2.05, 4.69) is 15.5 Å². The molecule has 1 fully saturated rings. The van der Waals surface area contributed by atoms with Crippen molar-refractivity contribution in [1.29, 1.82) is 0 Å². The fourth-order valence-corrected chi connectivity index (χ4v) is 3.72. The lowest BCUT2D eigenvalue weighted by Gasteiger charge is -2.30. The monoisotopic (exact) mass is 440 g/mol. The molecule has 0 unspecified atom stereocenters. The van der Waals surface area contributed by atoms with E-state index in [1.807, 2.05) is 18.2 Å². The standard InChI is InChI=1S/C23H25FN4O4/c1-30-19-8-3-15(13-20(19)31-2)14-25-23(29)28-11-9-17(10-12-28)22-27-26-21(32-22)16-4-6-18(24)7-5-16/h3-8,13,17H,9-12,14H2,1-2H3,(H,25,29). The number of halogens is 1. The van der Waals surface area contributed by atoms with Gasteiger partial charge in [-0.1, -0.05) is 6.07 Å². The number of hydrogen-bond donors (Lipinski definition) is 1. The summed E-state index contributed by atoms with van der Waals surface area (Å²) in [5.74, 6) is 1.97. The van der Waals surface area contributed by atoms with E-state index in [4.69, 9.17) is 13.9 Å². The number of carbonyl (C=O) groups excluding carboxylic acids is 1. The van der Waals surface area contributed by atoms with Crippen LogP contribution in [0, 0.1) is 5.82 Å². The third-order valence-corrected chi connectivity index (χ3v) is 5.55. The number of likely N-dealkylation sites (tertiary alicyclic amines) is 1. The number of hydrogen-bond acceptors (Lipinski definition) is 6. The lowest BCUT2D eigenvalue weighted by Crippen LogP contribution is -2.43. The number of nitrogens with zero attached hydrogens (tertiary/aromatic N) is 3. The molecule has 0 radical (unpaired) electrons. The SMILES string of the molecule is COc1ccc(CNC(=O)N2CCC(c3nnc(-c4ccc(F)cc4)o3)CC2)cc1OC. The summed E-state index contributed by atoms with van der Waals surface area (Å²) in [6, 6.07) is 11.4. The van der Waals surface area contributed by atoms with E-state index in [-0.39, 0.29) is 17.8 Å². The fraction of sp³-hybridized carbons (Fsp3) is 0.348. The highest BCUT2D eigenvalue weighted by Gasteiger charge is 2.27. The number of amides is 2. The van der Waals surface area contributed by atoms with E-state index in [0.29, 0.717) is 48.5 Å². The molecular weight excluding hydrogens is 415 g/mol. The third-order valence-electron chi connectivity index (χ3n) is 5.55. The van der Waals surface area contributed by atoms with Crippen molar-refractivity contribution in [2.75, 3.05) is 27.3 Å². The quantitative estimate of drug-likeness (QED) is 0.624. The van der Waals surface area contributed by atoms with Crippen LogP contribution in [0.3, 0.4) is 0 Å². The van der Waals surface area contributed by atoms with Crippen LogP contribution in [0.5, 0.6) is 11.5 Å². The summed E-state index contributed by atoms with van der Waals surface area (Å²) in [6.45, 7) is 1.58. The van der Waals surface area contributed by atoms with Crippen LogP contribution in [0.15, 0.2) is 46.9 Å². The average molecular weight is 440 g/mol. The predicted molar refractivity (Wildman–Crippen MR) is 115 cm³/mol. The molecule has 3 aromatic rings. The van der Waals surface area contributed by atoms with Crippen LogP contribution in [0.1, 0.15) is 30.2 Å². The van der Waals surface area contributed by atoms with Gasteiger partial charge < -0.3 is 24.1 Å². The largest absolute Gasteiger partial charge is 0.493 e. The van der Waals surface area contributed by atoms with Crippen LogP contribution in [-0.4, -0.2) is 48.4 Å². The van der Waals surface area contributed by atoms with Crippen molar-refractivity contribution in [3.8, 4) is 23.0 Å². The van der Waals surface area contributed by atoms with Crippen molar-refractivity contribution >= 4 is 6.03 Å².